The summed E-state index contributed by atoms with van der Waals surface area (Å²) in [6.45, 7) is 2.49. The van der Waals surface area contributed by atoms with Crippen molar-refractivity contribution in [1.82, 2.24) is 4.90 Å². The van der Waals surface area contributed by atoms with E-state index in [1.165, 1.54) is 12.1 Å². The van der Waals surface area contributed by atoms with Crippen LogP contribution in [-0.4, -0.2) is 40.7 Å². The van der Waals surface area contributed by atoms with Crippen molar-refractivity contribution in [1.29, 1.82) is 0 Å². The molecule has 1 atom stereocenters. The lowest BCUT2D eigenvalue weighted by Crippen LogP contribution is -2.21. The number of oxime groups is 1. The van der Waals surface area contributed by atoms with Gasteiger partial charge in [-0.2, -0.15) is 0 Å². The van der Waals surface area contributed by atoms with Crippen LogP contribution < -0.4 is 5.73 Å². The highest BCUT2D eigenvalue weighted by Gasteiger charge is 2.21. The Labute approximate surface area is 111 Å². The fourth-order valence-corrected chi connectivity index (χ4v) is 2.41. The normalized spacial score (nSPS) is 20.9. The number of benzene rings is 1. The van der Waals surface area contributed by atoms with Crippen LogP contribution in [0.1, 0.15) is 17.5 Å². The van der Waals surface area contributed by atoms with E-state index in [9.17, 15) is 4.39 Å². The van der Waals surface area contributed by atoms with E-state index >= 15 is 0 Å². The summed E-state index contributed by atoms with van der Waals surface area (Å²) in [5, 5.41) is 20.6. The van der Waals surface area contributed by atoms with Crippen LogP contribution in [0.5, 0.6) is 0 Å². The molecule has 104 valence electrons. The van der Waals surface area contributed by atoms with E-state index in [-0.39, 0.29) is 12.4 Å². The summed E-state index contributed by atoms with van der Waals surface area (Å²) in [5.74, 6) is -0.204. The van der Waals surface area contributed by atoms with Gasteiger partial charge in [-0.15, -0.1) is 0 Å². The maximum absolute atomic E-state index is 13.5. The smallest absolute Gasteiger partial charge is 0.170 e. The molecule has 1 aromatic carbocycles. The van der Waals surface area contributed by atoms with E-state index in [1.54, 1.807) is 6.07 Å². The number of aliphatic hydroxyl groups is 1. The van der Waals surface area contributed by atoms with Crippen LogP contribution in [0.25, 0.3) is 0 Å². The molecule has 19 heavy (non-hydrogen) atoms. The molecule has 1 heterocycles. The molecular formula is C13H18FN3O2. The van der Waals surface area contributed by atoms with Crippen LogP contribution in [0.3, 0.4) is 0 Å². The molecule has 4 N–H and O–H groups in total. The molecule has 1 aromatic rings. The number of amidine groups is 1. The molecule has 1 saturated heterocycles. The van der Waals surface area contributed by atoms with Gasteiger partial charge in [0.05, 0.1) is 0 Å². The average Bonchev–Trinajstić information content (AvgIpc) is 2.84. The van der Waals surface area contributed by atoms with Crippen LogP contribution in [0.4, 0.5) is 4.39 Å². The molecule has 1 unspecified atom stereocenters. The van der Waals surface area contributed by atoms with Crippen molar-refractivity contribution in [3.8, 4) is 0 Å². The number of halogens is 1. The number of rotatable bonds is 4. The van der Waals surface area contributed by atoms with Crippen LogP contribution >= 0.6 is 0 Å². The van der Waals surface area contributed by atoms with E-state index in [2.05, 4.69) is 10.1 Å². The van der Waals surface area contributed by atoms with Crippen LogP contribution in [0, 0.1) is 11.7 Å². The lowest BCUT2D eigenvalue weighted by molar-refractivity contribution is 0.220. The van der Waals surface area contributed by atoms with Gasteiger partial charge in [-0.25, -0.2) is 4.39 Å². The highest BCUT2D eigenvalue weighted by molar-refractivity contribution is 5.97. The number of likely N-dealkylation sites (tertiary alicyclic amines) is 1. The minimum Gasteiger partial charge on any atom is -0.409 e. The van der Waals surface area contributed by atoms with Crippen LogP contribution in [-0.2, 0) is 6.54 Å². The molecule has 0 bridgehead atoms. The van der Waals surface area contributed by atoms with E-state index in [0.29, 0.717) is 18.0 Å². The first kappa shape index (κ1) is 13.8. The van der Waals surface area contributed by atoms with E-state index in [1.807, 2.05) is 0 Å². The molecule has 2 rings (SSSR count). The Morgan fingerprint density at radius 3 is 2.89 bits per heavy atom. The second-order valence-electron chi connectivity index (χ2n) is 4.91. The molecule has 5 nitrogen and oxygen atoms in total. The van der Waals surface area contributed by atoms with Gasteiger partial charge >= 0.3 is 0 Å². The van der Waals surface area contributed by atoms with E-state index in [4.69, 9.17) is 16.0 Å². The first-order valence-corrected chi connectivity index (χ1v) is 6.23. The molecule has 1 aliphatic heterocycles. The average molecular weight is 267 g/mol. The molecule has 0 saturated carbocycles. The zero-order chi connectivity index (χ0) is 13.8. The fraction of sp³-hybridized carbons (Fsp3) is 0.462. The lowest BCUT2D eigenvalue weighted by atomic mass is 10.1. The third-order valence-corrected chi connectivity index (χ3v) is 3.40. The van der Waals surface area contributed by atoms with E-state index in [0.717, 1.165) is 25.1 Å². The van der Waals surface area contributed by atoms with Gasteiger partial charge < -0.3 is 16.0 Å². The second kappa shape index (κ2) is 5.99. The first-order valence-electron chi connectivity index (χ1n) is 6.23. The minimum absolute atomic E-state index is 0.101. The third-order valence-electron chi connectivity index (χ3n) is 3.40. The number of aliphatic hydroxyl groups excluding tert-OH is 1. The van der Waals surface area contributed by atoms with Crippen molar-refractivity contribution in [3.63, 3.8) is 0 Å². The third kappa shape index (κ3) is 3.42. The molecule has 1 fully saturated rings. The summed E-state index contributed by atoms with van der Waals surface area (Å²) < 4.78 is 13.5. The highest BCUT2D eigenvalue weighted by Crippen LogP contribution is 2.19. The standard InChI is InChI=1S/C13H18FN3O2/c14-12-4-10(3-11(5-12)13(15)16-19)7-17-2-1-9(6-17)8-18/h3-5,9,18-19H,1-2,6-8H2,(H2,15,16). The predicted octanol–water partition coefficient (Wildman–Crippen LogP) is 0.734. The summed E-state index contributed by atoms with van der Waals surface area (Å²) in [4.78, 5) is 2.16. The van der Waals surface area contributed by atoms with Crippen LogP contribution in [0.2, 0.25) is 0 Å². The fourth-order valence-electron chi connectivity index (χ4n) is 2.41. The van der Waals surface area contributed by atoms with Gasteiger partial charge in [0.25, 0.3) is 0 Å². The van der Waals surface area contributed by atoms with Crippen molar-refractivity contribution in [3.05, 3.63) is 35.1 Å². The molecule has 0 spiro atoms. The summed E-state index contributed by atoms with van der Waals surface area (Å²) in [5.41, 5.74) is 6.62. The van der Waals surface area contributed by atoms with Gasteiger partial charge in [0.2, 0.25) is 0 Å². The Hall–Kier alpha value is -1.66. The van der Waals surface area contributed by atoms with Crippen molar-refractivity contribution < 1.29 is 14.7 Å². The van der Waals surface area contributed by atoms with Crippen molar-refractivity contribution >= 4 is 5.84 Å². The van der Waals surface area contributed by atoms with Gasteiger partial charge in [0, 0.05) is 25.3 Å². The van der Waals surface area contributed by atoms with Crippen LogP contribution in [0.15, 0.2) is 23.4 Å². The molecule has 0 aliphatic carbocycles. The van der Waals surface area contributed by atoms with Gasteiger partial charge in [0.15, 0.2) is 5.84 Å². The van der Waals surface area contributed by atoms with Gasteiger partial charge in [0.1, 0.15) is 5.82 Å². The number of hydrogen-bond donors (Lipinski definition) is 3. The van der Waals surface area contributed by atoms with Crippen molar-refractivity contribution in [2.24, 2.45) is 16.8 Å². The Morgan fingerprint density at radius 1 is 1.47 bits per heavy atom. The first-order chi connectivity index (χ1) is 9.12. The molecule has 0 aromatic heterocycles. The SMILES string of the molecule is N/C(=N/O)c1cc(F)cc(CN2CCC(CO)C2)c1. The van der Waals surface area contributed by atoms with Gasteiger partial charge in [-0.1, -0.05) is 5.16 Å². The maximum Gasteiger partial charge on any atom is 0.170 e. The Kier molecular flexibility index (Phi) is 4.34. The van der Waals surface area contributed by atoms with Gasteiger partial charge in [-0.05, 0) is 42.6 Å². The number of nitrogens with two attached hydrogens (primary N) is 1. The topological polar surface area (TPSA) is 82.1 Å². The quantitative estimate of drug-likeness (QED) is 0.325. The molecule has 1 aliphatic rings. The molecular weight excluding hydrogens is 249 g/mol. The zero-order valence-corrected chi connectivity index (χ0v) is 10.6. The largest absolute Gasteiger partial charge is 0.409 e. The summed E-state index contributed by atoms with van der Waals surface area (Å²) in [7, 11) is 0. The maximum atomic E-state index is 13.5. The predicted molar refractivity (Wildman–Crippen MR) is 69.4 cm³/mol. The Morgan fingerprint density at radius 2 is 2.26 bits per heavy atom. The lowest BCUT2D eigenvalue weighted by Gasteiger charge is -2.16. The van der Waals surface area contributed by atoms with E-state index < -0.39 is 5.82 Å². The summed E-state index contributed by atoms with van der Waals surface area (Å²) in [6, 6.07) is 4.39. The highest BCUT2D eigenvalue weighted by atomic mass is 19.1. The summed E-state index contributed by atoms with van der Waals surface area (Å²) in [6.07, 6.45) is 0.957. The molecule has 0 amide bonds. The minimum atomic E-state index is -0.406. The zero-order valence-electron chi connectivity index (χ0n) is 10.6. The van der Waals surface area contributed by atoms with Crippen molar-refractivity contribution in [2.75, 3.05) is 19.7 Å². The number of hydrogen-bond acceptors (Lipinski definition) is 4. The Balaban J connectivity index is 2.10. The van der Waals surface area contributed by atoms with Gasteiger partial charge in [-0.3, -0.25) is 4.90 Å². The van der Waals surface area contributed by atoms with Crippen molar-refractivity contribution in [2.45, 2.75) is 13.0 Å². The monoisotopic (exact) mass is 267 g/mol. The molecule has 6 heteroatoms. The summed E-state index contributed by atoms with van der Waals surface area (Å²) >= 11 is 0. The number of nitrogens with zero attached hydrogens (tertiary/aromatic N) is 2. The second-order valence-corrected chi connectivity index (χ2v) is 4.91. The molecule has 0 radical (unpaired) electrons. The Bertz CT molecular complexity index is 479.